The van der Waals surface area contributed by atoms with Crippen LogP contribution in [-0.2, 0) is 24.8 Å². The third kappa shape index (κ3) is 6.50. The van der Waals surface area contributed by atoms with Crippen molar-refractivity contribution in [2.75, 3.05) is 0 Å². The van der Waals surface area contributed by atoms with Gasteiger partial charge in [0.25, 0.3) is 5.91 Å². The number of imidazole rings is 1. The summed E-state index contributed by atoms with van der Waals surface area (Å²) in [5.74, 6) is 6.36. The summed E-state index contributed by atoms with van der Waals surface area (Å²) in [6.07, 6.45) is 4.15. The number of hydrogen-bond acceptors (Lipinski definition) is 5. The molecule has 11 heteroatoms. The predicted octanol–water partition coefficient (Wildman–Crippen LogP) is 5.92. The number of aryl methyl sites for hydroxylation is 1. The van der Waals surface area contributed by atoms with Gasteiger partial charge in [-0.25, -0.2) is 4.98 Å². The van der Waals surface area contributed by atoms with Gasteiger partial charge in [0, 0.05) is 71.9 Å². The molecule has 0 aliphatic heterocycles. The Balaban J connectivity index is 1.40. The van der Waals surface area contributed by atoms with Crippen LogP contribution in [0, 0.1) is 11.8 Å². The van der Waals surface area contributed by atoms with E-state index in [1.807, 2.05) is 54.3 Å². The molecule has 0 fully saturated rings. The minimum atomic E-state index is -4.46. The lowest BCUT2D eigenvalue weighted by Gasteiger charge is -2.27. The molecule has 0 saturated heterocycles. The van der Waals surface area contributed by atoms with Crippen molar-refractivity contribution in [3.8, 4) is 11.8 Å². The van der Waals surface area contributed by atoms with Crippen LogP contribution in [0.5, 0.6) is 0 Å². The van der Waals surface area contributed by atoms with Gasteiger partial charge in [0.2, 0.25) is 0 Å². The van der Waals surface area contributed by atoms with Gasteiger partial charge in [-0.15, -0.1) is 11.8 Å². The Morgan fingerprint density at radius 2 is 1.81 bits per heavy atom. The highest BCUT2D eigenvalue weighted by Gasteiger charge is 2.49. The van der Waals surface area contributed by atoms with Crippen LogP contribution in [0.15, 0.2) is 84.4 Å². The molecular weight excluding hydrogens is 561 g/mol. The molecule has 214 valence electrons. The van der Waals surface area contributed by atoms with Crippen LogP contribution in [0.1, 0.15) is 52.3 Å². The highest BCUT2D eigenvalue weighted by Crippen LogP contribution is 2.39. The maximum atomic E-state index is 13.6. The number of carbonyl (C=O) groups excluding carboxylic acids is 1. The number of carbonyl (C=O) groups is 1. The van der Waals surface area contributed by atoms with Crippen molar-refractivity contribution < 1.29 is 18.0 Å². The lowest BCUT2D eigenvalue weighted by molar-refractivity contribution is -0.181. The van der Waals surface area contributed by atoms with Crippen LogP contribution >= 0.6 is 11.8 Å². The van der Waals surface area contributed by atoms with E-state index in [-0.39, 0.29) is 11.6 Å². The number of thioether (sulfide) groups is 1. The standard InChI is InChI=1S/C31H27F3N6OS/c1-30(2,31(32,33)34)27-16-21(8-11-35-27)4-5-23-18-24(6-7-26(23)42-20-25-10-13-39(3)38-25)29(41)37-19-22-9-14-40-15-12-36-28(40)17-22/h6-18H,19-20H2,1-3H3,(H,37,41). The van der Waals surface area contributed by atoms with Crippen molar-refractivity contribution in [1.29, 1.82) is 0 Å². The second kappa shape index (κ2) is 11.7. The van der Waals surface area contributed by atoms with Crippen LogP contribution < -0.4 is 5.32 Å². The van der Waals surface area contributed by atoms with E-state index in [1.54, 1.807) is 29.1 Å². The SMILES string of the molecule is Cn1ccc(CSc2ccc(C(=O)NCc3ccn4ccnc4c3)cc2C#Cc2ccnc(C(C)(C)C(F)(F)F)c2)n1. The summed E-state index contributed by atoms with van der Waals surface area (Å²) in [5.41, 5.74) is 1.70. The lowest BCUT2D eigenvalue weighted by atomic mass is 9.87. The normalized spacial score (nSPS) is 11.8. The molecule has 0 radical (unpaired) electrons. The number of fused-ring (bicyclic) bond motifs is 1. The second-order valence-corrected chi connectivity index (χ2v) is 11.2. The van der Waals surface area contributed by atoms with Gasteiger partial charge in [0.1, 0.15) is 11.1 Å². The van der Waals surface area contributed by atoms with Gasteiger partial charge in [-0.2, -0.15) is 18.3 Å². The molecule has 5 aromatic rings. The number of alkyl halides is 3. The monoisotopic (exact) mass is 588 g/mol. The number of hydrogen-bond donors (Lipinski definition) is 1. The minimum absolute atomic E-state index is 0.117. The van der Waals surface area contributed by atoms with Gasteiger partial charge in [-0.05, 0) is 67.9 Å². The Bertz CT molecular complexity index is 1810. The number of amides is 1. The molecule has 0 aliphatic carbocycles. The zero-order valence-corrected chi connectivity index (χ0v) is 23.9. The van der Waals surface area contributed by atoms with E-state index in [0.29, 0.717) is 29.0 Å². The van der Waals surface area contributed by atoms with Crippen molar-refractivity contribution in [2.45, 2.75) is 42.6 Å². The van der Waals surface area contributed by atoms with Crippen LogP contribution in [0.25, 0.3) is 5.65 Å². The molecule has 0 spiro atoms. The van der Waals surface area contributed by atoms with Gasteiger partial charge >= 0.3 is 6.18 Å². The number of aromatic nitrogens is 5. The van der Waals surface area contributed by atoms with Crippen molar-refractivity contribution in [2.24, 2.45) is 7.05 Å². The maximum Gasteiger partial charge on any atom is 0.399 e. The van der Waals surface area contributed by atoms with Crippen molar-refractivity contribution in [1.82, 2.24) is 29.5 Å². The smallest absolute Gasteiger partial charge is 0.348 e. The van der Waals surface area contributed by atoms with Crippen LogP contribution in [-0.4, -0.2) is 36.2 Å². The Morgan fingerprint density at radius 3 is 2.57 bits per heavy atom. The molecule has 0 atom stereocenters. The fourth-order valence-corrected chi connectivity index (χ4v) is 4.96. The number of benzene rings is 1. The van der Waals surface area contributed by atoms with E-state index in [9.17, 15) is 18.0 Å². The highest BCUT2D eigenvalue weighted by atomic mass is 32.2. The molecule has 4 aromatic heterocycles. The summed E-state index contributed by atoms with van der Waals surface area (Å²) in [6.45, 7) is 2.50. The van der Waals surface area contributed by atoms with Gasteiger partial charge in [-0.1, -0.05) is 11.8 Å². The molecule has 1 N–H and O–H groups in total. The van der Waals surface area contributed by atoms with Gasteiger partial charge in [0.05, 0.1) is 11.4 Å². The first-order valence-corrected chi connectivity index (χ1v) is 14.0. The zero-order chi connectivity index (χ0) is 29.9. The second-order valence-electron chi connectivity index (χ2n) is 10.2. The highest BCUT2D eigenvalue weighted by molar-refractivity contribution is 7.98. The average molecular weight is 589 g/mol. The number of rotatable bonds is 7. The van der Waals surface area contributed by atoms with Crippen molar-refractivity contribution in [3.63, 3.8) is 0 Å². The number of nitrogens with one attached hydrogen (secondary N) is 1. The average Bonchev–Trinajstić information content (AvgIpc) is 3.61. The first-order chi connectivity index (χ1) is 20.0. The van der Waals surface area contributed by atoms with Gasteiger partial charge < -0.3 is 9.72 Å². The quantitative estimate of drug-likeness (QED) is 0.189. The van der Waals surface area contributed by atoms with E-state index < -0.39 is 11.6 Å². The number of pyridine rings is 2. The van der Waals surface area contributed by atoms with Crippen molar-refractivity contribution in [3.05, 3.63) is 113 Å². The molecule has 1 aromatic carbocycles. The van der Waals surface area contributed by atoms with E-state index in [4.69, 9.17) is 0 Å². The first kappa shape index (κ1) is 29.0. The number of nitrogens with zero attached hydrogens (tertiary/aromatic N) is 5. The summed E-state index contributed by atoms with van der Waals surface area (Å²) >= 11 is 1.51. The molecule has 5 rings (SSSR count). The molecule has 0 aliphatic rings. The largest absolute Gasteiger partial charge is 0.399 e. The number of halogens is 3. The summed E-state index contributed by atoms with van der Waals surface area (Å²) in [6, 6.07) is 13.9. The van der Waals surface area contributed by atoms with E-state index in [2.05, 4.69) is 32.2 Å². The van der Waals surface area contributed by atoms with Gasteiger partial charge in [-0.3, -0.25) is 14.5 Å². The minimum Gasteiger partial charge on any atom is -0.348 e. The summed E-state index contributed by atoms with van der Waals surface area (Å²) in [4.78, 5) is 22.1. The van der Waals surface area contributed by atoms with Crippen LogP contribution in [0.3, 0.4) is 0 Å². The Kier molecular flexibility index (Phi) is 8.09. The fraction of sp³-hybridized carbons (Fsp3) is 0.226. The molecular formula is C31H27F3N6OS. The summed E-state index contributed by atoms with van der Waals surface area (Å²) in [7, 11) is 1.84. The molecule has 4 heterocycles. The molecule has 0 bridgehead atoms. The molecule has 7 nitrogen and oxygen atoms in total. The first-order valence-electron chi connectivity index (χ1n) is 13.0. The Labute approximate surface area is 245 Å². The van der Waals surface area contributed by atoms with Crippen molar-refractivity contribution >= 4 is 23.3 Å². The zero-order valence-electron chi connectivity index (χ0n) is 23.1. The molecule has 0 unspecified atom stereocenters. The fourth-order valence-electron chi connectivity index (χ4n) is 4.07. The topological polar surface area (TPSA) is 77.1 Å². The van der Waals surface area contributed by atoms with Gasteiger partial charge in [0.15, 0.2) is 0 Å². The van der Waals surface area contributed by atoms with E-state index in [0.717, 1.165) is 35.6 Å². The summed E-state index contributed by atoms with van der Waals surface area (Å²) in [5, 5.41) is 7.34. The molecule has 0 saturated carbocycles. The Hall–Kier alpha value is -4.56. The molecule has 42 heavy (non-hydrogen) atoms. The van der Waals surface area contributed by atoms with Crippen LogP contribution in [0.2, 0.25) is 0 Å². The van der Waals surface area contributed by atoms with E-state index >= 15 is 0 Å². The molecule has 1 amide bonds. The third-order valence-corrected chi connectivity index (χ3v) is 7.86. The maximum absolute atomic E-state index is 13.6. The lowest BCUT2D eigenvalue weighted by Crippen LogP contribution is -2.37. The Morgan fingerprint density at radius 1 is 0.976 bits per heavy atom. The summed E-state index contributed by atoms with van der Waals surface area (Å²) < 4.78 is 44.4. The third-order valence-electron chi connectivity index (χ3n) is 6.75. The van der Waals surface area contributed by atoms with Crippen LogP contribution in [0.4, 0.5) is 13.2 Å². The predicted molar refractivity (Wildman–Crippen MR) is 155 cm³/mol. The van der Waals surface area contributed by atoms with E-state index in [1.165, 1.54) is 24.0 Å².